The standard InChI is InChI=1S/C24H29N3O4S/c1-32(2,3)13-12-29-17-27-22(8-10-26-27)18-4-7-24(25-15-18)31-20-5-6-21-19(9-11-28)16-30-23(21)14-20/h4-8,10,14-16,28H,9,11-13,17H2,1-3H3. The van der Waals surface area contributed by atoms with Crippen LogP contribution in [0.15, 0.2) is 59.5 Å². The largest absolute Gasteiger partial charge is 0.464 e. The van der Waals surface area contributed by atoms with Gasteiger partial charge < -0.3 is 19.0 Å². The molecule has 32 heavy (non-hydrogen) atoms. The molecule has 0 aliphatic carbocycles. The number of rotatable bonds is 10. The van der Waals surface area contributed by atoms with Crippen LogP contribution in [0.25, 0.3) is 22.2 Å². The average molecular weight is 456 g/mol. The second-order valence-electron chi connectivity index (χ2n) is 8.43. The third-order valence-electron chi connectivity index (χ3n) is 5.03. The first-order valence-corrected chi connectivity index (χ1v) is 13.5. The lowest BCUT2D eigenvalue weighted by Gasteiger charge is -2.24. The molecule has 7 nitrogen and oxygen atoms in total. The predicted molar refractivity (Wildman–Crippen MR) is 129 cm³/mol. The Kier molecular flexibility index (Phi) is 6.83. The number of hydrogen-bond acceptors (Lipinski definition) is 6. The molecule has 0 saturated heterocycles. The highest BCUT2D eigenvalue weighted by atomic mass is 32.3. The molecule has 0 fully saturated rings. The molecule has 4 rings (SSSR count). The maximum absolute atomic E-state index is 9.15. The van der Waals surface area contributed by atoms with Gasteiger partial charge in [-0.25, -0.2) is 19.7 Å². The summed E-state index contributed by atoms with van der Waals surface area (Å²) in [5, 5.41) is 14.5. The Morgan fingerprint density at radius 1 is 1.12 bits per heavy atom. The second-order valence-corrected chi connectivity index (χ2v) is 13.0. The monoisotopic (exact) mass is 455 g/mol. The minimum atomic E-state index is -0.566. The van der Waals surface area contributed by atoms with E-state index in [2.05, 4.69) is 28.8 Å². The molecule has 3 aromatic heterocycles. The van der Waals surface area contributed by atoms with Crippen molar-refractivity contribution in [3.63, 3.8) is 0 Å². The van der Waals surface area contributed by atoms with Crippen LogP contribution in [0.4, 0.5) is 0 Å². The van der Waals surface area contributed by atoms with Crippen molar-refractivity contribution in [1.29, 1.82) is 0 Å². The number of hydrogen-bond donors (Lipinski definition) is 1. The molecule has 0 atom stereocenters. The summed E-state index contributed by atoms with van der Waals surface area (Å²) in [6.07, 6.45) is 12.6. The zero-order valence-corrected chi connectivity index (χ0v) is 19.5. The lowest BCUT2D eigenvalue weighted by atomic mass is 10.1. The van der Waals surface area contributed by atoms with Crippen LogP contribution in [0, 0.1) is 0 Å². The van der Waals surface area contributed by atoms with Gasteiger partial charge in [0.05, 0.1) is 18.6 Å². The van der Waals surface area contributed by atoms with Gasteiger partial charge in [0.15, 0.2) is 0 Å². The maximum Gasteiger partial charge on any atom is 0.219 e. The van der Waals surface area contributed by atoms with Crippen molar-refractivity contribution in [1.82, 2.24) is 14.8 Å². The first-order valence-electron chi connectivity index (χ1n) is 10.4. The van der Waals surface area contributed by atoms with Crippen molar-refractivity contribution in [2.75, 3.05) is 37.7 Å². The van der Waals surface area contributed by atoms with Crippen LogP contribution in [0.5, 0.6) is 11.6 Å². The number of ether oxygens (including phenoxy) is 2. The third kappa shape index (κ3) is 5.51. The molecular weight excluding hydrogens is 426 g/mol. The smallest absolute Gasteiger partial charge is 0.219 e. The zero-order chi connectivity index (χ0) is 22.6. The van der Waals surface area contributed by atoms with Crippen LogP contribution in [-0.4, -0.2) is 57.6 Å². The highest BCUT2D eigenvalue weighted by Gasteiger charge is 2.10. The van der Waals surface area contributed by atoms with Gasteiger partial charge in [-0.2, -0.15) is 5.10 Å². The number of fused-ring (bicyclic) bond motifs is 1. The fourth-order valence-corrected chi connectivity index (χ4v) is 3.91. The van der Waals surface area contributed by atoms with Crippen LogP contribution in [0.2, 0.25) is 0 Å². The molecule has 3 heterocycles. The summed E-state index contributed by atoms with van der Waals surface area (Å²) >= 11 is 0. The highest BCUT2D eigenvalue weighted by Crippen LogP contribution is 2.33. The van der Waals surface area contributed by atoms with E-state index in [1.165, 1.54) is 0 Å². The maximum atomic E-state index is 9.15. The number of benzene rings is 1. The van der Waals surface area contributed by atoms with Crippen molar-refractivity contribution in [2.45, 2.75) is 13.2 Å². The number of pyridine rings is 1. The van der Waals surface area contributed by atoms with Crippen LogP contribution in [-0.2, 0) is 17.9 Å². The Morgan fingerprint density at radius 3 is 2.75 bits per heavy atom. The van der Waals surface area contributed by atoms with Gasteiger partial charge in [0.2, 0.25) is 5.88 Å². The Labute approximate surface area is 189 Å². The van der Waals surface area contributed by atoms with E-state index in [1.54, 1.807) is 18.7 Å². The fourth-order valence-electron chi connectivity index (χ4n) is 3.29. The molecular formula is C24H29N3O4S. The third-order valence-corrected chi connectivity index (χ3v) is 6.42. The summed E-state index contributed by atoms with van der Waals surface area (Å²) in [5.74, 6) is 2.21. The van der Waals surface area contributed by atoms with Crippen molar-refractivity contribution < 1.29 is 19.0 Å². The van der Waals surface area contributed by atoms with Gasteiger partial charge in [-0.1, -0.05) is 0 Å². The zero-order valence-electron chi connectivity index (χ0n) is 18.7. The SMILES string of the molecule is CS(C)(C)CCOCn1nccc1-c1ccc(Oc2ccc3c(CCO)coc3c2)nc1. The molecule has 170 valence electrons. The summed E-state index contributed by atoms with van der Waals surface area (Å²) in [4.78, 5) is 4.45. The molecule has 0 radical (unpaired) electrons. The summed E-state index contributed by atoms with van der Waals surface area (Å²) in [7, 11) is -0.566. The van der Waals surface area contributed by atoms with E-state index in [0.29, 0.717) is 24.8 Å². The Hall–Kier alpha value is -2.81. The summed E-state index contributed by atoms with van der Waals surface area (Å²) in [6.45, 7) is 1.23. The summed E-state index contributed by atoms with van der Waals surface area (Å²) in [5.41, 5.74) is 3.59. The van der Waals surface area contributed by atoms with Gasteiger partial charge in [-0.3, -0.25) is 0 Å². The topological polar surface area (TPSA) is 82.5 Å². The molecule has 1 aromatic carbocycles. The fraction of sp³-hybridized carbons (Fsp3) is 0.333. The molecule has 0 saturated carbocycles. The number of nitrogens with zero attached hydrogens (tertiary/aromatic N) is 3. The van der Waals surface area contributed by atoms with E-state index in [-0.39, 0.29) is 6.61 Å². The Balaban J connectivity index is 1.41. The number of aromatic nitrogens is 3. The van der Waals surface area contributed by atoms with Gasteiger partial charge >= 0.3 is 0 Å². The minimum absolute atomic E-state index is 0.0893. The lowest BCUT2D eigenvalue weighted by Crippen LogP contribution is -2.11. The summed E-state index contributed by atoms with van der Waals surface area (Å²) < 4.78 is 19.2. The first-order chi connectivity index (χ1) is 15.4. The molecule has 0 spiro atoms. The van der Waals surface area contributed by atoms with E-state index in [0.717, 1.165) is 40.1 Å². The highest BCUT2D eigenvalue weighted by molar-refractivity contribution is 8.32. The van der Waals surface area contributed by atoms with Crippen LogP contribution < -0.4 is 4.74 Å². The second kappa shape index (κ2) is 9.77. The van der Waals surface area contributed by atoms with Crippen LogP contribution in [0.3, 0.4) is 0 Å². The van der Waals surface area contributed by atoms with Gasteiger partial charge in [0, 0.05) is 53.4 Å². The van der Waals surface area contributed by atoms with E-state index in [1.807, 2.05) is 41.1 Å². The van der Waals surface area contributed by atoms with Crippen LogP contribution in [0.1, 0.15) is 5.56 Å². The van der Waals surface area contributed by atoms with E-state index in [9.17, 15) is 0 Å². The lowest BCUT2D eigenvalue weighted by molar-refractivity contribution is 0.0821. The molecule has 0 aliphatic rings. The Bertz CT molecular complexity index is 1160. The molecule has 0 aliphatic heterocycles. The molecule has 0 unspecified atom stereocenters. The van der Waals surface area contributed by atoms with Crippen molar-refractivity contribution >= 4 is 21.0 Å². The Morgan fingerprint density at radius 2 is 2.00 bits per heavy atom. The van der Waals surface area contributed by atoms with Gasteiger partial charge in [-0.05, 0) is 49.5 Å². The predicted octanol–water partition coefficient (Wildman–Crippen LogP) is 4.69. The van der Waals surface area contributed by atoms with Crippen molar-refractivity contribution in [3.8, 4) is 22.9 Å². The van der Waals surface area contributed by atoms with Gasteiger partial charge in [0.1, 0.15) is 18.1 Å². The normalized spacial score (nSPS) is 12.4. The summed E-state index contributed by atoms with van der Waals surface area (Å²) in [6, 6.07) is 11.4. The number of furan rings is 1. The van der Waals surface area contributed by atoms with E-state index >= 15 is 0 Å². The molecule has 8 heteroatoms. The molecule has 0 amide bonds. The minimum Gasteiger partial charge on any atom is -0.464 e. The van der Waals surface area contributed by atoms with Crippen molar-refractivity contribution in [3.05, 3.63) is 60.6 Å². The quantitative estimate of drug-likeness (QED) is 0.350. The first kappa shape index (κ1) is 22.4. The number of aliphatic hydroxyl groups is 1. The van der Waals surface area contributed by atoms with E-state index in [4.69, 9.17) is 19.0 Å². The van der Waals surface area contributed by atoms with Gasteiger partial charge in [0.25, 0.3) is 0 Å². The average Bonchev–Trinajstić information content (AvgIpc) is 3.38. The van der Waals surface area contributed by atoms with Gasteiger partial charge in [-0.15, -0.1) is 0 Å². The van der Waals surface area contributed by atoms with E-state index < -0.39 is 10.0 Å². The van der Waals surface area contributed by atoms with Crippen molar-refractivity contribution in [2.24, 2.45) is 0 Å². The van der Waals surface area contributed by atoms with Crippen LogP contribution >= 0.6 is 10.0 Å². The number of aliphatic hydroxyl groups excluding tert-OH is 1. The molecule has 1 N–H and O–H groups in total. The molecule has 0 bridgehead atoms. The molecule has 4 aromatic rings.